The number of ether oxygens (including phenoxy) is 1. The Labute approximate surface area is 266 Å². The number of thioether (sulfide) groups is 1. The Kier molecular flexibility index (Phi) is 9.72. The van der Waals surface area contributed by atoms with Gasteiger partial charge in [0.1, 0.15) is 5.75 Å². The molecule has 1 aliphatic heterocycles. The number of hydrogen-bond acceptors (Lipinski definition) is 7. The quantitative estimate of drug-likeness (QED) is 0.250. The second kappa shape index (κ2) is 13.1. The fourth-order valence-electron chi connectivity index (χ4n) is 4.04. The average molecular weight is 596 g/mol. The van der Waals surface area contributed by atoms with Crippen molar-refractivity contribution in [2.75, 3.05) is 7.11 Å². The van der Waals surface area contributed by atoms with Gasteiger partial charge >= 0.3 is 29.6 Å². The van der Waals surface area contributed by atoms with Gasteiger partial charge < -0.3 is 11.5 Å². The number of amidine groups is 1. The molecule has 0 unspecified atom stereocenters. The fraction of sp³-hybridized carbons (Fsp3) is 0.100. The van der Waals surface area contributed by atoms with Crippen LogP contribution in [0.2, 0.25) is 0 Å². The van der Waals surface area contributed by atoms with Crippen molar-refractivity contribution in [3.8, 4) is 5.75 Å². The molecule has 0 bridgehead atoms. The van der Waals surface area contributed by atoms with E-state index in [2.05, 4.69) is 15.0 Å². The third kappa shape index (κ3) is 7.66. The summed E-state index contributed by atoms with van der Waals surface area (Å²) in [7, 11) is -2.31. The molecule has 41 heavy (non-hydrogen) atoms. The number of sulfonamides is 1. The summed E-state index contributed by atoms with van der Waals surface area (Å²) >= 11 is 1.24. The monoisotopic (exact) mass is 595 g/mol. The third-order valence-corrected chi connectivity index (χ3v) is 8.43. The van der Waals surface area contributed by atoms with Crippen molar-refractivity contribution < 1.29 is 53.7 Å². The molecule has 1 heterocycles. The summed E-state index contributed by atoms with van der Waals surface area (Å²) in [6, 6.07) is 24.8. The molecule has 0 aromatic heterocycles. The van der Waals surface area contributed by atoms with Crippen LogP contribution in [0, 0.1) is 6.92 Å². The predicted molar refractivity (Wildman–Crippen MR) is 159 cm³/mol. The molecule has 2 N–H and O–H groups in total. The molecule has 0 aliphatic carbocycles. The number of rotatable bonds is 7. The summed E-state index contributed by atoms with van der Waals surface area (Å²) in [6.45, 7) is 1.85. The first kappa shape index (κ1) is 30.5. The van der Waals surface area contributed by atoms with E-state index in [1.54, 1.807) is 43.5 Å². The Morgan fingerprint density at radius 3 is 2.39 bits per heavy atom. The maximum absolute atomic E-state index is 12.5. The van der Waals surface area contributed by atoms with Gasteiger partial charge in [-0.05, 0) is 89.1 Å². The molecule has 5 rings (SSSR count). The van der Waals surface area contributed by atoms with E-state index in [4.69, 9.17) is 4.74 Å². The summed E-state index contributed by atoms with van der Waals surface area (Å²) in [6.07, 6.45) is 1.71. The summed E-state index contributed by atoms with van der Waals surface area (Å²) < 4.78 is 32.3. The Hall–Kier alpha value is -3.41. The fourth-order valence-corrected chi connectivity index (χ4v) is 5.87. The van der Waals surface area contributed by atoms with Gasteiger partial charge in [0.05, 0.1) is 29.0 Å². The molecule has 204 valence electrons. The van der Waals surface area contributed by atoms with Crippen molar-refractivity contribution in [2.45, 2.75) is 18.2 Å². The van der Waals surface area contributed by atoms with Crippen molar-refractivity contribution in [1.29, 1.82) is 0 Å². The second-order valence-electron chi connectivity index (χ2n) is 9.14. The molecule has 0 atom stereocenters. The molecule has 2 amide bonds. The van der Waals surface area contributed by atoms with E-state index in [0.717, 1.165) is 27.6 Å². The summed E-state index contributed by atoms with van der Waals surface area (Å²) in [5.41, 5.74) is 3.02. The smallest absolute Gasteiger partial charge is 1.00 e. The van der Waals surface area contributed by atoms with Crippen molar-refractivity contribution in [3.63, 3.8) is 0 Å². The zero-order valence-corrected chi connectivity index (χ0v) is 26.3. The van der Waals surface area contributed by atoms with Gasteiger partial charge in [-0.2, -0.15) is 0 Å². The molecule has 4 aromatic rings. The number of methoxy groups -OCH3 is 1. The van der Waals surface area contributed by atoms with Crippen LogP contribution >= 0.6 is 11.8 Å². The van der Waals surface area contributed by atoms with Gasteiger partial charge in [-0.3, -0.25) is 9.59 Å². The number of fused-ring (bicyclic) bond motifs is 1. The zero-order valence-electron chi connectivity index (χ0n) is 23.7. The van der Waals surface area contributed by atoms with Crippen LogP contribution in [0.25, 0.3) is 16.8 Å². The van der Waals surface area contributed by atoms with Crippen LogP contribution in [0.1, 0.15) is 18.1 Å². The van der Waals surface area contributed by atoms with Gasteiger partial charge in [0.15, 0.2) is 5.17 Å². The van der Waals surface area contributed by atoms with E-state index in [1.807, 2.05) is 49.4 Å². The maximum atomic E-state index is 12.5. The predicted octanol–water partition coefficient (Wildman–Crippen LogP) is 2.21. The number of nitrogens with one attached hydrogen (secondary N) is 2. The number of aryl methyl sites for hydroxylation is 1. The molecule has 1 fully saturated rings. The van der Waals surface area contributed by atoms with Crippen molar-refractivity contribution in [3.05, 3.63) is 107 Å². The molecule has 0 saturated carbocycles. The molecule has 1 aliphatic rings. The van der Waals surface area contributed by atoms with E-state index in [-0.39, 0.29) is 48.2 Å². The van der Waals surface area contributed by atoms with Gasteiger partial charge in [0, 0.05) is 0 Å². The van der Waals surface area contributed by atoms with Crippen LogP contribution in [-0.2, 0) is 26.0 Å². The van der Waals surface area contributed by atoms with E-state index in [1.165, 1.54) is 23.9 Å². The molecule has 8 nitrogen and oxygen atoms in total. The van der Waals surface area contributed by atoms with E-state index in [0.29, 0.717) is 21.3 Å². The number of hydrogen-bond donors (Lipinski definition) is 2. The standard InChI is InChI=1S/C30H25N3O5S2.Na.H/c1-19-3-13-26(14-4-19)40(36,37)33-28(34)17-20-6-10-24(11-7-20)31-30-32-29(35)27(39-30)16-21-5-8-23-18-25(38-2)12-9-22(23)15-21;;/h3-16,18H,17H2,1-2H3,(H,33,34)(H,31,32,35);;/q;+1;-1/b27-16-;;. The first-order chi connectivity index (χ1) is 19.2. The molecule has 4 aromatic carbocycles. The van der Waals surface area contributed by atoms with Crippen LogP contribution in [-0.4, -0.2) is 32.5 Å². The zero-order chi connectivity index (χ0) is 28.3. The van der Waals surface area contributed by atoms with Gasteiger partial charge in [0.25, 0.3) is 15.9 Å². The first-order valence-corrected chi connectivity index (χ1v) is 14.6. The average Bonchev–Trinajstić information content (AvgIpc) is 3.27. The molecule has 0 spiro atoms. The minimum Gasteiger partial charge on any atom is -1.00 e. The second-order valence-corrected chi connectivity index (χ2v) is 11.9. The van der Waals surface area contributed by atoms with E-state index < -0.39 is 15.9 Å². The molecular formula is C30H26N3NaO5S2. The van der Waals surface area contributed by atoms with Crippen molar-refractivity contribution in [2.24, 2.45) is 4.99 Å². The minimum absolute atomic E-state index is 0. The maximum Gasteiger partial charge on any atom is 1.00 e. The number of carbonyl (C=O) groups is 2. The van der Waals surface area contributed by atoms with Crippen molar-refractivity contribution >= 4 is 61.3 Å². The minimum atomic E-state index is -3.94. The topological polar surface area (TPSA) is 114 Å². The van der Waals surface area contributed by atoms with E-state index >= 15 is 0 Å². The number of aliphatic imine (C=N–C) groups is 1. The number of nitrogens with zero attached hydrogens (tertiary/aromatic N) is 1. The summed E-state index contributed by atoms with van der Waals surface area (Å²) in [5, 5.41) is 5.29. The van der Waals surface area contributed by atoms with Gasteiger partial charge in [-0.15, -0.1) is 0 Å². The van der Waals surface area contributed by atoms with Crippen LogP contribution in [0.15, 0.2) is 99.7 Å². The van der Waals surface area contributed by atoms with Crippen LogP contribution < -0.4 is 44.3 Å². The molecule has 11 heteroatoms. The largest absolute Gasteiger partial charge is 1.00 e. The Bertz CT molecular complexity index is 1790. The summed E-state index contributed by atoms with van der Waals surface area (Å²) in [5.74, 6) is -0.0879. The number of amides is 2. The van der Waals surface area contributed by atoms with Gasteiger partial charge in [0.2, 0.25) is 5.91 Å². The number of carbonyl (C=O) groups excluding carboxylic acids is 2. The van der Waals surface area contributed by atoms with E-state index in [9.17, 15) is 18.0 Å². The Morgan fingerprint density at radius 2 is 1.68 bits per heavy atom. The van der Waals surface area contributed by atoms with Crippen LogP contribution in [0.5, 0.6) is 5.75 Å². The Morgan fingerprint density at radius 1 is 1.00 bits per heavy atom. The molecular weight excluding hydrogens is 569 g/mol. The molecule has 0 radical (unpaired) electrons. The molecule has 1 saturated heterocycles. The van der Waals surface area contributed by atoms with Crippen LogP contribution in [0.4, 0.5) is 5.69 Å². The third-order valence-electron chi connectivity index (χ3n) is 6.13. The van der Waals surface area contributed by atoms with Gasteiger partial charge in [-0.25, -0.2) is 18.1 Å². The number of benzene rings is 4. The van der Waals surface area contributed by atoms with Crippen molar-refractivity contribution in [1.82, 2.24) is 10.0 Å². The normalized spacial score (nSPS) is 15.0. The summed E-state index contributed by atoms with van der Waals surface area (Å²) in [4.78, 5) is 30.0. The van der Waals surface area contributed by atoms with Crippen LogP contribution in [0.3, 0.4) is 0 Å². The van der Waals surface area contributed by atoms with Gasteiger partial charge in [-0.1, -0.05) is 48.0 Å². The SMILES string of the molecule is COc1ccc2cc(/C=C3\SC(=Nc4ccc(CC(=O)NS(=O)(=O)c5ccc(C)cc5)cc4)NC3=O)ccc2c1.[H-].[Na+]. The first-order valence-electron chi connectivity index (χ1n) is 12.3. The Balaban J connectivity index is 0.00000242.